The highest BCUT2D eigenvalue weighted by Crippen LogP contribution is 2.39. The second-order valence-corrected chi connectivity index (χ2v) is 9.85. The van der Waals surface area contributed by atoms with E-state index < -0.39 is 0 Å². The van der Waals surface area contributed by atoms with Crippen LogP contribution in [-0.4, -0.2) is 32.0 Å². The predicted molar refractivity (Wildman–Crippen MR) is 132 cm³/mol. The summed E-state index contributed by atoms with van der Waals surface area (Å²) in [6, 6.07) is 5.20. The molecule has 0 saturated carbocycles. The van der Waals surface area contributed by atoms with Crippen LogP contribution in [-0.2, 0) is 0 Å². The van der Waals surface area contributed by atoms with Crippen LogP contribution < -0.4 is 22.5 Å². The first-order valence-corrected chi connectivity index (χ1v) is 10.7. The fourth-order valence-corrected chi connectivity index (χ4v) is 5.01. The second-order valence-electron chi connectivity index (χ2n) is 9.85. The normalized spacial score (nSPS) is 19.2. The number of phenols is 1. The van der Waals surface area contributed by atoms with Crippen molar-refractivity contribution in [3.8, 4) is 5.75 Å². The third kappa shape index (κ3) is 4.65. The third-order valence-electron chi connectivity index (χ3n) is 5.96. The first-order valence-electron chi connectivity index (χ1n) is 10.7. The quantitative estimate of drug-likeness (QED) is 0.394. The lowest BCUT2D eigenvalue weighted by molar-refractivity contribution is 0.132. The molecule has 0 amide bonds. The molecule has 1 saturated heterocycles. The summed E-state index contributed by atoms with van der Waals surface area (Å²) in [5.74, 6) is 1.40. The van der Waals surface area contributed by atoms with Crippen LogP contribution in [0.2, 0.25) is 0 Å². The zero-order valence-corrected chi connectivity index (χ0v) is 19.5. The second kappa shape index (κ2) is 8.35. The maximum Gasteiger partial charge on any atom is 0.131 e. The van der Waals surface area contributed by atoms with Gasteiger partial charge in [-0.15, -0.1) is 0 Å². The van der Waals surface area contributed by atoms with Crippen LogP contribution in [0, 0.1) is 12.3 Å². The highest BCUT2D eigenvalue weighted by molar-refractivity contribution is 6.08. The number of hydrogen-bond donors (Lipinski definition) is 6. The molecule has 32 heavy (non-hydrogen) atoms. The Balaban J connectivity index is 1.96. The summed E-state index contributed by atoms with van der Waals surface area (Å²) in [4.78, 5) is 4.67. The van der Waals surface area contributed by atoms with Crippen molar-refractivity contribution < 1.29 is 5.11 Å². The Morgan fingerprint density at radius 2 is 1.88 bits per heavy atom. The Labute approximate surface area is 189 Å². The minimum absolute atomic E-state index is 0.00553. The lowest BCUT2D eigenvalue weighted by atomic mass is 9.79. The van der Waals surface area contributed by atoms with Crippen molar-refractivity contribution in [3.63, 3.8) is 0 Å². The van der Waals surface area contributed by atoms with E-state index in [0.717, 1.165) is 24.9 Å². The van der Waals surface area contributed by atoms with Gasteiger partial charge in [0.2, 0.25) is 0 Å². The average molecular weight is 438 g/mol. The Morgan fingerprint density at radius 3 is 2.41 bits per heavy atom. The van der Waals surface area contributed by atoms with Gasteiger partial charge in [0.1, 0.15) is 23.1 Å². The first kappa shape index (κ1) is 23.4. The number of rotatable bonds is 5. The van der Waals surface area contributed by atoms with Gasteiger partial charge in [-0.25, -0.2) is 4.98 Å². The van der Waals surface area contributed by atoms with Gasteiger partial charge in [-0.3, -0.25) is 0 Å². The number of hydrogen-bond acceptors (Lipinski definition) is 7. The van der Waals surface area contributed by atoms with E-state index in [-0.39, 0.29) is 22.9 Å². The lowest BCUT2D eigenvalue weighted by Gasteiger charge is -2.47. The van der Waals surface area contributed by atoms with Gasteiger partial charge in [-0.2, -0.15) is 0 Å². The minimum atomic E-state index is -0.0224. The number of phenolic OH excluding ortho intramolecular Hbond substituents is 1. The highest BCUT2D eigenvalue weighted by Gasteiger charge is 2.39. The van der Waals surface area contributed by atoms with Crippen LogP contribution in [0.25, 0.3) is 17.3 Å². The monoisotopic (exact) mass is 437 g/mol. The highest BCUT2D eigenvalue weighted by atomic mass is 16.3. The zero-order valence-electron chi connectivity index (χ0n) is 19.5. The molecule has 8 heteroatoms. The molecular formula is C24H35N7O. The number of aromatic nitrogens is 2. The summed E-state index contributed by atoms with van der Waals surface area (Å²) in [6.07, 6.45) is 6.01. The predicted octanol–water partition coefficient (Wildman–Crippen LogP) is 3.37. The van der Waals surface area contributed by atoms with E-state index in [4.69, 9.17) is 22.6 Å². The lowest BCUT2D eigenvalue weighted by Crippen LogP contribution is -2.58. The molecule has 0 spiro atoms. The van der Waals surface area contributed by atoms with Gasteiger partial charge in [-0.05, 0) is 71.2 Å². The van der Waals surface area contributed by atoms with E-state index in [2.05, 4.69) is 42.6 Å². The molecule has 0 unspecified atom stereocenters. The Kier molecular flexibility index (Phi) is 6.11. The van der Waals surface area contributed by atoms with Crippen molar-refractivity contribution in [3.05, 3.63) is 47.0 Å². The van der Waals surface area contributed by atoms with Gasteiger partial charge >= 0.3 is 0 Å². The molecule has 172 valence electrons. The molecule has 1 aliphatic rings. The van der Waals surface area contributed by atoms with Crippen molar-refractivity contribution in [2.45, 2.75) is 64.6 Å². The number of anilines is 1. The van der Waals surface area contributed by atoms with Gasteiger partial charge in [0.25, 0.3) is 0 Å². The van der Waals surface area contributed by atoms with Crippen LogP contribution in [0.1, 0.15) is 69.2 Å². The van der Waals surface area contributed by atoms with Crippen molar-refractivity contribution >= 4 is 29.4 Å². The fraction of sp³-hybridized carbons (Fsp3) is 0.417. The van der Waals surface area contributed by atoms with Crippen molar-refractivity contribution in [1.82, 2.24) is 14.9 Å². The van der Waals surface area contributed by atoms with Gasteiger partial charge in [0.15, 0.2) is 0 Å². The van der Waals surface area contributed by atoms with Crippen molar-refractivity contribution in [2.24, 2.45) is 11.5 Å². The molecule has 0 atom stereocenters. The molecule has 1 aromatic heterocycles. The maximum absolute atomic E-state index is 10.5. The average Bonchev–Trinajstić information content (AvgIpc) is 2.93. The summed E-state index contributed by atoms with van der Waals surface area (Å²) >= 11 is 0. The molecule has 0 bridgehead atoms. The molecule has 1 aromatic carbocycles. The number of nitrogens with zero attached hydrogens (tertiary/aromatic N) is 2. The van der Waals surface area contributed by atoms with E-state index in [1.807, 2.05) is 6.92 Å². The molecule has 1 fully saturated rings. The van der Waals surface area contributed by atoms with Crippen LogP contribution >= 0.6 is 0 Å². The summed E-state index contributed by atoms with van der Waals surface area (Å²) in [6.45, 7) is 10.8. The third-order valence-corrected chi connectivity index (χ3v) is 5.96. The minimum Gasteiger partial charge on any atom is -0.507 e. The Hall–Kier alpha value is -3.26. The summed E-state index contributed by atoms with van der Waals surface area (Å²) in [5.41, 5.74) is 20.9. The fourth-order valence-electron chi connectivity index (χ4n) is 5.01. The Bertz CT molecular complexity index is 1080. The number of allylic oxidation sites excluding steroid dienone is 1. The van der Waals surface area contributed by atoms with Crippen LogP contribution in [0.15, 0.2) is 24.4 Å². The Morgan fingerprint density at radius 1 is 1.25 bits per heavy atom. The molecular weight excluding hydrogens is 402 g/mol. The molecule has 8 nitrogen and oxygen atoms in total. The van der Waals surface area contributed by atoms with E-state index >= 15 is 0 Å². The number of nitrogens with one attached hydrogen (secondary N) is 2. The van der Waals surface area contributed by atoms with Crippen LogP contribution in [0.5, 0.6) is 5.75 Å². The largest absolute Gasteiger partial charge is 0.507 e. The maximum atomic E-state index is 10.5. The van der Waals surface area contributed by atoms with Gasteiger partial charge < -0.3 is 37.6 Å². The van der Waals surface area contributed by atoms with Crippen molar-refractivity contribution in [2.75, 3.05) is 5.73 Å². The smallest absolute Gasteiger partial charge is 0.131 e. The topological polar surface area (TPSA) is 152 Å². The van der Waals surface area contributed by atoms with E-state index in [0.29, 0.717) is 33.9 Å². The number of nitrogen functional groups attached to an aromatic ring is 1. The molecule has 9 N–H and O–H groups in total. The number of nitrogens with two attached hydrogens (primary N) is 3. The standard InChI is InChI=1S/C24H35N7O/c1-14-29-20(22(28)31(14)17-10-23(2,3)30-24(4,5)11-17)9-19(27)18-7-6-15(8-21(18)32)16(12-25)13-26/h6-9,12-13,17,25,30,32H,10-11,26-28H2,1-5H3/b16-13+,19-9-,25-12?. The first-order chi connectivity index (χ1) is 14.9. The molecule has 3 rings (SSSR count). The number of imidazole rings is 1. The molecule has 1 aliphatic heterocycles. The summed E-state index contributed by atoms with van der Waals surface area (Å²) in [7, 11) is 0. The van der Waals surface area contributed by atoms with E-state index in [1.54, 1.807) is 18.2 Å². The van der Waals surface area contributed by atoms with Gasteiger partial charge in [0.05, 0.1) is 0 Å². The summed E-state index contributed by atoms with van der Waals surface area (Å²) in [5, 5.41) is 21.6. The number of aromatic hydroxyl groups is 1. The SMILES string of the molecule is Cc1nc(/C=C(\N)c2ccc(/C(C=N)=C/N)cc2O)c(N)n1C1CC(C)(C)NC(C)(C)C1. The number of benzene rings is 1. The van der Waals surface area contributed by atoms with E-state index in [1.165, 1.54) is 12.3 Å². The van der Waals surface area contributed by atoms with Gasteiger partial charge in [-0.1, -0.05) is 6.07 Å². The molecule has 2 heterocycles. The van der Waals surface area contributed by atoms with Crippen LogP contribution in [0.3, 0.4) is 0 Å². The molecule has 0 radical (unpaired) electrons. The van der Waals surface area contributed by atoms with Crippen LogP contribution in [0.4, 0.5) is 5.82 Å². The number of aryl methyl sites for hydroxylation is 1. The molecule has 0 aliphatic carbocycles. The van der Waals surface area contributed by atoms with Crippen molar-refractivity contribution in [1.29, 1.82) is 5.41 Å². The zero-order chi connectivity index (χ0) is 23.8. The summed E-state index contributed by atoms with van der Waals surface area (Å²) < 4.78 is 2.11. The van der Waals surface area contributed by atoms with E-state index in [9.17, 15) is 5.11 Å². The van der Waals surface area contributed by atoms with Gasteiger partial charge in [0, 0.05) is 46.4 Å². The number of piperidine rings is 1. The molecule has 2 aromatic rings.